The van der Waals surface area contributed by atoms with Crippen LogP contribution in [-0.4, -0.2) is 41.6 Å². The van der Waals surface area contributed by atoms with Gasteiger partial charge in [0, 0.05) is 13.6 Å². The number of hydrogen-bond acceptors (Lipinski definition) is 2. The molecule has 2 amide bonds. The Morgan fingerprint density at radius 3 is 2.41 bits per heavy atom. The number of carbonyl (C=O) groups is 2. The fourth-order valence-electron chi connectivity index (χ4n) is 2.13. The summed E-state index contributed by atoms with van der Waals surface area (Å²) in [5, 5.41) is 11.8. The smallest absolute Gasteiger partial charge is 0.326 e. The zero-order chi connectivity index (χ0) is 13.1. The summed E-state index contributed by atoms with van der Waals surface area (Å²) in [6.07, 6.45) is 3.89. The maximum atomic E-state index is 11.8. The van der Waals surface area contributed by atoms with Crippen molar-refractivity contribution in [2.24, 2.45) is 5.41 Å². The third kappa shape index (κ3) is 3.35. The van der Waals surface area contributed by atoms with Crippen molar-refractivity contribution in [3.8, 4) is 0 Å². The molecule has 0 radical (unpaired) electrons. The SMILES string of the molecule is CCC(C(=O)O)N(C)C(=O)NCC1(C)CCC1. The number of carbonyl (C=O) groups excluding carboxylic acids is 1. The molecule has 5 nitrogen and oxygen atoms in total. The number of carboxylic acid groups (broad SMARTS) is 1. The molecule has 1 aliphatic rings. The van der Waals surface area contributed by atoms with Gasteiger partial charge in [-0.1, -0.05) is 20.3 Å². The minimum absolute atomic E-state index is 0.210. The molecule has 1 aliphatic carbocycles. The zero-order valence-electron chi connectivity index (χ0n) is 10.8. The van der Waals surface area contributed by atoms with Crippen molar-refractivity contribution in [2.75, 3.05) is 13.6 Å². The van der Waals surface area contributed by atoms with Gasteiger partial charge in [-0.25, -0.2) is 9.59 Å². The van der Waals surface area contributed by atoms with Crippen LogP contribution in [0.4, 0.5) is 4.79 Å². The van der Waals surface area contributed by atoms with E-state index in [2.05, 4.69) is 12.2 Å². The van der Waals surface area contributed by atoms with Crippen LogP contribution in [0.2, 0.25) is 0 Å². The van der Waals surface area contributed by atoms with Gasteiger partial charge in [0.25, 0.3) is 0 Å². The Kier molecular flexibility index (Phi) is 4.37. The van der Waals surface area contributed by atoms with Gasteiger partial charge in [0.1, 0.15) is 6.04 Å². The number of hydrogen-bond donors (Lipinski definition) is 2. The fourth-order valence-corrected chi connectivity index (χ4v) is 2.13. The first-order valence-electron chi connectivity index (χ1n) is 6.13. The molecule has 1 fully saturated rings. The first-order valence-corrected chi connectivity index (χ1v) is 6.13. The third-order valence-corrected chi connectivity index (χ3v) is 3.69. The summed E-state index contributed by atoms with van der Waals surface area (Å²) in [4.78, 5) is 24.0. The van der Waals surface area contributed by atoms with Crippen molar-refractivity contribution in [1.29, 1.82) is 0 Å². The molecule has 0 aliphatic heterocycles. The molecule has 1 atom stereocenters. The predicted octanol–water partition coefficient (Wildman–Crippen LogP) is 1.68. The minimum atomic E-state index is -0.958. The highest BCUT2D eigenvalue weighted by Gasteiger charge is 2.33. The number of carboxylic acids is 1. The maximum absolute atomic E-state index is 11.8. The van der Waals surface area contributed by atoms with Crippen LogP contribution in [0.1, 0.15) is 39.5 Å². The van der Waals surface area contributed by atoms with Crippen molar-refractivity contribution in [3.05, 3.63) is 0 Å². The highest BCUT2D eigenvalue weighted by Crippen LogP contribution is 2.39. The van der Waals surface area contributed by atoms with Crippen LogP contribution in [-0.2, 0) is 4.79 Å². The Morgan fingerprint density at radius 2 is 2.06 bits per heavy atom. The number of nitrogens with one attached hydrogen (secondary N) is 1. The van der Waals surface area contributed by atoms with Crippen LogP contribution in [0.15, 0.2) is 0 Å². The van der Waals surface area contributed by atoms with Gasteiger partial charge in [0.15, 0.2) is 0 Å². The lowest BCUT2D eigenvalue weighted by atomic mass is 9.70. The summed E-state index contributed by atoms with van der Waals surface area (Å²) in [7, 11) is 1.53. The second-order valence-electron chi connectivity index (χ2n) is 5.20. The molecule has 17 heavy (non-hydrogen) atoms. The Hall–Kier alpha value is -1.26. The summed E-state index contributed by atoms with van der Waals surface area (Å²) in [5.41, 5.74) is 0.210. The van der Waals surface area contributed by atoms with Gasteiger partial charge in [-0.15, -0.1) is 0 Å². The van der Waals surface area contributed by atoms with Gasteiger partial charge >= 0.3 is 12.0 Å². The Bertz CT molecular complexity index is 300. The monoisotopic (exact) mass is 242 g/mol. The van der Waals surface area contributed by atoms with Gasteiger partial charge < -0.3 is 15.3 Å². The zero-order valence-corrected chi connectivity index (χ0v) is 10.8. The normalized spacial score (nSPS) is 19.0. The summed E-state index contributed by atoms with van der Waals surface area (Å²) in [6.45, 7) is 4.54. The Balaban J connectivity index is 2.43. The van der Waals surface area contributed by atoms with Crippen molar-refractivity contribution < 1.29 is 14.7 Å². The van der Waals surface area contributed by atoms with E-state index in [9.17, 15) is 9.59 Å². The van der Waals surface area contributed by atoms with Gasteiger partial charge in [0.2, 0.25) is 0 Å². The van der Waals surface area contributed by atoms with E-state index in [0.29, 0.717) is 13.0 Å². The van der Waals surface area contributed by atoms with Crippen LogP contribution in [0.25, 0.3) is 0 Å². The summed E-state index contributed by atoms with van der Waals surface area (Å²) in [5.74, 6) is -0.958. The number of urea groups is 1. The van der Waals surface area contributed by atoms with Gasteiger partial charge in [-0.05, 0) is 24.7 Å². The molecular weight excluding hydrogens is 220 g/mol. The van der Waals surface area contributed by atoms with E-state index < -0.39 is 12.0 Å². The molecule has 2 N–H and O–H groups in total. The first-order chi connectivity index (χ1) is 7.89. The van der Waals surface area contributed by atoms with E-state index in [1.165, 1.54) is 18.4 Å². The molecule has 98 valence electrons. The van der Waals surface area contributed by atoms with Crippen molar-refractivity contribution in [2.45, 2.75) is 45.6 Å². The van der Waals surface area contributed by atoms with Crippen LogP contribution in [0, 0.1) is 5.41 Å². The highest BCUT2D eigenvalue weighted by atomic mass is 16.4. The van der Waals surface area contributed by atoms with E-state index >= 15 is 0 Å². The van der Waals surface area contributed by atoms with Gasteiger partial charge in [-0.3, -0.25) is 0 Å². The lowest BCUT2D eigenvalue weighted by Crippen LogP contribution is -2.50. The number of amides is 2. The van der Waals surface area contributed by atoms with Crippen LogP contribution < -0.4 is 5.32 Å². The Morgan fingerprint density at radius 1 is 1.47 bits per heavy atom. The molecule has 0 saturated heterocycles. The molecule has 0 aromatic heterocycles. The molecule has 5 heteroatoms. The van der Waals surface area contributed by atoms with E-state index in [0.717, 1.165) is 12.8 Å². The highest BCUT2D eigenvalue weighted by molar-refractivity contribution is 5.82. The van der Waals surface area contributed by atoms with Crippen LogP contribution in [0.3, 0.4) is 0 Å². The molecule has 1 saturated carbocycles. The number of rotatable bonds is 5. The second kappa shape index (κ2) is 5.38. The van der Waals surface area contributed by atoms with Gasteiger partial charge in [0.05, 0.1) is 0 Å². The average molecular weight is 242 g/mol. The molecule has 0 heterocycles. The fraction of sp³-hybridized carbons (Fsp3) is 0.833. The van der Waals surface area contributed by atoms with Crippen LogP contribution in [0.5, 0.6) is 0 Å². The first kappa shape index (κ1) is 13.8. The van der Waals surface area contributed by atoms with Crippen LogP contribution >= 0.6 is 0 Å². The molecule has 0 aromatic rings. The molecule has 1 unspecified atom stereocenters. The van der Waals surface area contributed by atoms with Crippen molar-refractivity contribution >= 4 is 12.0 Å². The molecule has 0 bridgehead atoms. The van der Waals surface area contributed by atoms with E-state index in [-0.39, 0.29) is 11.4 Å². The second-order valence-corrected chi connectivity index (χ2v) is 5.20. The lowest BCUT2D eigenvalue weighted by molar-refractivity contribution is -0.141. The molecular formula is C12H22N2O3. The number of aliphatic carboxylic acids is 1. The minimum Gasteiger partial charge on any atom is -0.480 e. The summed E-state index contributed by atoms with van der Waals surface area (Å²) in [6, 6.07) is -1.04. The molecule has 0 spiro atoms. The van der Waals surface area contributed by atoms with Crippen molar-refractivity contribution in [3.63, 3.8) is 0 Å². The standard InChI is InChI=1S/C12H22N2O3/c1-4-9(10(15)16)14(3)11(17)13-8-12(2)6-5-7-12/h9H,4-8H2,1-3H3,(H,13,17)(H,15,16). The maximum Gasteiger partial charge on any atom is 0.326 e. The van der Waals surface area contributed by atoms with E-state index in [1.807, 2.05) is 0 Å². The third-order valence-electron chi connectivity index (χ3n) is 3.69. The number of likely N-dealkylation sites (N-methyl/N-ethyl adjacent to an activating group) is 1. The van der Waals surface area contributed by atoms with E-state index in [4.69, 9.17) is 5.11 Å². The predicted molar refractivity (Wildman–Crippen MR) is 64.8 cm³/mol. The topological polar surface area (TPSA) is 69.6 Å². The lowest BCUT2D eigenvalue weighted by Gasteiger charge is -2.39. The largest absolute Gasteiger partial charge is 0.480 e. The van der Waals surface area contributed by atoms with E-state index in [1.54, 1.807) is 6.92 Å². The average Bonchev–Trinajstić information content (AvgIpc) is 2.23. The van der Waals surface area contributed by atoms with Crippen molar-refractivity contribution in [1.82, 2.24) is 10.2 Å². The Labute approximate surface area is 102 Å². The number of nitrogens with zero attached hydrogens (tertiary/aromatic N) is 1. The summed E-state index contributed by atoms with van der Waals surface area (Å²) >= 11 is 0. The quantitative estimate of drug-likeness (QED) is 0.770. The molecule has 1 rings (SSSR count). The summed E-state index contributed by atoms with van der Waals surface area (Å²) < 4.78 is 0. The molecule has 0 aromatic carbocycles. The van der Waals surface area contributed by atoms with Gasteiger partial charge in [-0.2, -0.15) is 0 Å².